The van der Waals surface area contributed by atoms with Crippen LogP contribution in [0.15, 0.2) is 52.3 Å². The van der Waals surface area contributed by atoms with Crippen molar-refractivity contribution in [2.45, 2.75) is 42.4 Å². The summed E-state index contributed by atoms with van der Waals surface area (Å²) < 4.78 is 0. The van der Waals surface area contributed by atoms with Crippen molar-refractivity contribution in [3.05, 3.63) is 59.2 Å². The fourth-order valence-electron chi connectivity index (χ4n) is 2.66. The molecule has 0 atom stereocenters. The highest BCUT2D eigenvalue weighted by atomic mass is 32.2. The fraction of sp³-hybridized carbons (Fsp3) is 0.278. The van der Waals surface area contributed by atoms with Gasteiger partial charge in [-0.3, -0.25) is 4.79 Å². The molecule has 3 rings (SSSR count). The summed E-state index contributed by atoms with van der Waals surface area (Å²) in [4.78, 5) is 14.1. The Kier molecular flexibility index (Phi) is 3.93. The van der Waals surface area contributed by atoms with E-state index in [1.54, 1.807) is 11.8 Å². The van der Waals surface area contributed by atoms with Crippen LogP contribution in [0.4, 0.5) is 0 Å². The Labute approximate surface area is 124 Å². The molecule has 20 heavy (non-hydrogen) atoms. The third-order valence-electron chi connectivity index (χ3n) is 3.80. The molecule has 0 heterocycles. The lowest BCUT2D eigenvalue weighted by molar-refractivity contribution is 0.0988. The molecule has 0 N–H and O–H groups in total. The molecule has 102 valence electrons. The predicted octanol–water partition coefficient (Wildman–Crippen LogP) is 4.92. The van der Waals surface area contributed by atoms with Crippen LogP contribution < -0.4 is 0 Å². The first-order valence-electron chi connectivity index (χ1n) is 7.19. The third-order valence-corrected chi connectivity index (χ3v) is 4.80. The molecule has 0 spiro atoms. The number of hydrogen-bond donors (Lipinski definition) is 0. The lowest BCUT2D eigenvalue weighted by atomic mass is 10.1. The van der Waals surface area contributed by atoms with Crippen molar-refractivity contribution in [3.63, 3.8) is 0 Å². The summed E-state index contributed by atoms with van der Waals surface area (Å²) in [5.74, 6) is 0.207. The monoisotopic (exact) mass is 282 g/mol. The molecule has 0 aliphatic heterocycles. The summed E-state index contributed by atoms with van der Waals surface area (Å²) in [6.45, 7) is 1.90. The van der Waals surface area contributed by atoms with Crippen molar-refractivity contribution in [1.29, 1.82) is 0 Å². The molecule has 2 aromatic carbocycles. The van der Waals surface area contributed by atoms with E-state index >= 15 is 0 Å². The van der Waals surface area contributed by atoms with Crippen molar-refractivity contribution in [3.8, 4) is 0 Å². The average Bonchev–Trinajstić information content (AvgIpc) is 2.95. The minimum Gasteiger partial charge on any atom is -0.294 e. The molecule has 0 amide bonds. The van der Waals surface area contributed by atoms with Crippen LogP contribution in [0.2, 0.25) is 0 Å². The van der Waals surface area contributed by atoms with Crippen molar-refractivity contribution in [1.82, 2.24) is 0 Å². The lowest BCUT2D eigenvalue weighted by Gasteiger charge is -2.05. The van der Waals surface area contributed by atoms with Gasteiger partial charge in [0.2, 0.25) is 0 Å². The zero-order chi connectivity index (χ0) is 13.9. The second-order valence-corrected chi connectivity index (χ2v) is 6.33. The summed E-state index contributed by atoms with van der Waals surface area (Å²) in [7, 11) is 0. The van der Waals surface area contributed by atoms with E-state index in [-0.39, 0.29) is 5.78 Å². The largest absolute Gasteiger partial charge is 0.294 e. The van der Waals surface area contributed by atoms with Crippen LogP contribution in [-0.2, 0) is 12.8 Å². The van der Waals surface area contributed by atoms with Crippen LogP contribution in [-0.4, -0.2) is 5.78 Å². The molecule has 0 aromatic heterocycles. The second-order valence-electron chi connectivity index (χ2n) is 5.19. The van der Waals surface area contributed by atoms with E-state index in [0.29, 0.717) is 6.42 Å². The van der Waals surface area contributed by atoms with E-state index in [4.69, 9.17) is 0 Å². The topological polar surface area (TPSA) is 17.1 Å². The van der Waals surface area contributed by atoms with Gasteiger partial charge in [-0.05, 0) is 54.7 Å². The van der Waals surface area contributed by atoms with Gasteiger partial charge in [-0.15, -0.1) is 0 Å². The summed E-state index contributed by atoms with van der Waals surface area (Å²) in [6.07, 6.45) is 4.30. The van der Waals surface area contributed by atoms with Crippen LogP contribution in [0.1, 0.15) is 41.3 Å². The number of carbonyl (C=O) groups is 1. The van der Waals surface area contributed by atoms with Gasteiger partial charge in [-0.25, -0.2) is 0 Å². The van der Waals surface area contributed by atoms with Crippen molar-refractivity contribution in [2.75, 3.05) is 0 Å². The predicted molar refractivity (Wildman–Crippen MR) is 83.7 cm³/mol. The second kappa shape index (κ2) is 5.84. The summed E-state index contributed by atoms with van der Waals surface area (Å²) in [5.41, 5.74) is 3.83. The van der Waals surface area contributed by atoms with Crippen molar-refractivity contribution in [2.24, 2.45) is 0 Å². The number of carbonyl (C=O) groups excluding carboxylic acids is 1. The number of rotatable bonds is 4. The van der Waals surface area contributed by atoms with Crippen molar-refractivity contribution >= 4 is 17.5 Å². The van der Waals surface area contributed by atoms with Gasteiger partial charge in [-0.2, -0.15) is 0 Å². The smallest absolute Gasteiger partial charge is 0.162 e. The SMILES string of the molecule is CCC(=O)c1ccc(Sc2ccc3c(c2)CCC3)cc1. The Bertz CT molecular complexity index is 628. The zero-order valence-corrected chi connectivity index (χ0v) is 12.5. The van der Waals surface area contributed by atoms with Crippen LogP contribution in [0.25, 0.3) is 0 Å². The average molecular weight is 282 g/mol. The molecule has 2 aromatic rings. The molecular weight excluding hydrogens is 264 g/mol. The molecule has 0 saturated carbocycles. The van der Waals surface area contributed by atoms with Gasteiger partial charge >= 0.3 is 0 Å². The molecule has 1 aliphatic rings. The van der Waals surface area contributed by atoms with Gasteiger partial charge in [0.05, 0.1) is 0 Å². The number of Topliss-reactive ketones (excluding diaryl/α,β-unsaturated/α-hetero) is 1. The molecule has 0 saturated heterocycles. The Hall–Kier alpha value is -1.54. The van der Waals surface area contributed by atoms with Gasteiger partial charge in [0.25, 0.3) is 0 Å². The maximum atomic E-state index is 11.6. The minimum atomic E-state index is 0.207. The summed E-state index contributed by atoms with van der Waals surface area (Å²) in [6, 6.07) is 14.7. The van der Waals surface area contributed by atoms with E-state index < -0.39 is 0 Å². The van der Waals surface area contributed by atoms with Crippen LogP contribution in [0.5, 0.6) is 0 Å². The van der Waals surface area contributed by atoms with Gasteiger partial charge in [0.15, 0.2) is 5.78 Å². The molecule has 2 heteroatoms. The maximum absolute atomic E-state index is 11.6. The quantitative estimate of drug-likeness (QED) is 0.740. The lowest BCUT2D eigenvalue weighted by Crippen LogP contribution is -1.95. The highest BCUT2D eigenvalue weighted by Crippen LogP contribution is 2.32. The van der Waals surface area contributed by atoms with Crippen LogP contribution in [0.3, 0.4) is 0 Å². The molecule has 0 radical (unpaired) electrons. The van der Waals surface area contributed by atoms with E-state index in [0.717, 1.165) is 5.56 Å². The maximum Gasteiger partial charge on any atom is 0.162 e. The van der Waals surface area contributed by atoms with E-state index in [9.17, 15) is 4.79 Å². The normalized spacial score (nSPS) is 13.2. The Morgan fingerprint density at radius 2 is 1.70 bits per heavy atom. The highest BCUT2D eigenvalue weighted by Gasteiger charge is 2.11. The third kappa shape index (κ3) is 2.80. The molecule has 0 bridgehead atoms. The highest BCUT2D eigenvalue weighted by molar-refractivity contribution is 7.99. The molecule has 0 fully saturated rings. The molecule has 1 aliphatic carbocycles. The van der Waals surface area contributed by atoms with Crippen molar-refractivity contribution < 1.29 is 4.79 Å². The number of fused-ring (bicyclic) bond motifs is 1. The summed E-state index contributed by atoms with van der Waals surface area (Å²) >= 11 is 1.77. The first-order chi connectivity index (χ1) is 9.76. The molecule has 0 unspecified atom stereocenters. The van der Waals surface area contributed by atoms with E-state index in [1.165, 1.54) is 40.2 Å². The van der Waals surface area contributed by atoms with Crippen LogP contribution >= 0.6 is 11.8 Å². The first-order valence-corrected chi connectivity index (χ1v) is 8.01. The van der Waals surface area contributed by atoms with Gasteiger partial charge in [-0.1, -0.05) is 36.9 Å². The number of aryl methyl sites for hydroxylation is 2. The van der Waals surface area contributed by atoms with Gasteiger partial charge in [0.1, 0.15) is 0 Å². The Morgan fingerprint density at radius 3 is 2.45 bits per heavy atom. The van der Waals surface area contributed by atoms with Crippen LogP contribution in [0, 0.1) is 0 Å². The molecular formula is C18H18OS. The number of hydrogen-bond acceptors (Lipinski definition) is 2. The fourth-order valence-corrected chi connectivity index (χ4v) is 3.54. The minimum absolute atomic E-state index is 0.207. The number of benzene rings is 2. The molecule has 1 nitrogen and oxygen atoms in total. The van der Waals surface area contributed by atoms with E-state index in [2.05, 4.69) is 18.2 Å². The Morgan fingerprint density at radius 1 is 1.00 bits per heavy atom. The summed E-state index contributed by atoms with van der Waals surface area (Å²) in [5, 5.41) is 0. The Balaban J connectivity index is 1.76. The van der Waals surface area contributed by atoms with Gasteiger partial charge in [0, 0.05) is 21.8 Å². The standard InChI is InChI=1S/C18H18OS/c1-2-18(19)14-7-9-16(10-8-14)20-17-11-6-13-4-3-5-15(13)12-17/h6-12H,2-5H2,1H3. The van der Waals surface area contributed by atoms with E-state index in [1.807, 2.05) is 31.2 Å². The first kappa shape index (κ1) is 13.4. The van der Waals surface area contributed by atoms with Gasteiger partial charge < -0.3 is 0 Å². The number of ketones is 1. The zero-order valence-electron chi connectivity index (χ0n) is 11.7.